The number of methoxy groups -OCH3 is 1. The maximum absolute atomic E-state index is 14.1. The summed E-state index contributed by atoms with van der Waals surface area (Å²) in [5.41, 5.74) is 0.316. The van der Waals surface area contributed by atoms with E-state index >= 15 is 0 Å². The molecule has 1 saturated carbocycles. The van der Waals surface area contributed by atoms with Gasteiger partial charge >= 0.3 is 0 Å². The Hall–Kier alpha value is -3.17. The maximum Gasteiger partial charge on any atom is 0.246 e. The summed E-state index contributed by atoms with van der Waals surface area (Å²) in [5.74, 6) is -1.56. The molecule has 2 N–H and O–H groups in total. The highest BCUT2D eigenvalue weighted by atomic mass is 79.9. The third-order valence-electron chi connectivity index (χ3n) is 8.50. The van der Waals surface area contributed by atoms with Gasteiger partial charge in [0, 0.05) is 22.7 Å². The number of nitrogens with one attached hydrogen (secondary N) is 2. The standard InChI is InChI=1S/C30H32BrN3O5/c1-38-22-13-7-18(8-14-22)17-34-26(28(36)33-20-5-3-2-4-6-20)30-16-15-23(39-30)24(25(30)29(34)37)27(35)32-21-11-9-19(31)10-12-21/h7-16,20,23-26H,2-6,17H2,1H3,(H,32,35)(H,33,36)/t23-,24-,25-,26-,30+/m1/s1. The number of likely N-dealkylation sites (tertiary alicyclic amines) is 1. The first kappa shape index (κ1) is 26.1. The van der Waals surface area contributed by atoms with Gasteiger partial charge in [0.25, 0.3) is 0 Å². The van der Waals surface area contributed by atoms with Crippen molar-refractivity contribution in [1.29, 1.82) is 0 Å². The van der Waals surface area contributed by atoms with E-state index in [0.717, 1.165) is 35.7 Å². The number of rotatable bonds is 7. The zero-order valence-corrected chi connectivity index (χ0v) is 23.4. The Labute approximate surface area is 236 Å². The molecule has 0 radical (unpaired) electrons. The van der Waals surface area contributed by atoms with Crippen molar-refractivity contribution in [3.8, 4) is 5.75 Å². The van der Waals surface area contributed by atoms with Crippen molar-refractivity contribution in [1.82, 2.24) is 10.2 Å². The van der Waals surface area contributed by atoms with Gasteiger partial charge in [0.15, 0.2) is 0 Å². The molecule has 3 fully saturated rings. The van der Waals surface area contributed by atoms with Crippen LogP contribution in [0.2, 0.25) is 0 Å². The number of halogens is 1. The zero-order valence-electron chi connectivity index (χ0n) is 21.8. The van der Waals surface area contributed by atoms with Gasteiger partial charge in [0.1, 0.15) is 17.4 Å². The van der Waals surface area contributed by atoms with Crippen molar-refractivity contribution in [3.63, 3.8) is 0 Å². The molecular formula is C30H32BrN3O5. The van der Waals surface area contributed by atoms with Crippen LogP contribution in [0.15, 0.2) is 65.2 Å². The van der Waals surface area contributed by atoms with Gasteiger partial charge in [-0.3, -0.25) is 14.4 Å². The minimum atomic E-state index is -1.19. The quantitative estimate of drug-likeness (QED) is 0.469. The van der Waals surface area contributed by atoms with Crippen molar-refractivity contribution < 1.29 is 23.9 Å². The van der Waals surface area contributed by atoms with Crippen LogP contribution in [0, 0.1) is 11.8 Å². The fourth-order valence-electron chi connectivity index (χ4n) is 6.65. The summed E-state index contributed by atoms with van der Waals surface area (Å²) in [6, 6.07) is 14.0. The second-order valence-corrected chi connectivity index (χ2v) is 11.8. The Bertz CT molecular complexity index is 1290. The molecule has 39 heavy (non-hydrogen) atoms. The molecule has 3 amide bonds. The van der Waals surface area contributed by atoms with E-state index in [1.54, 1.807) is 24.1 Å². The predicted molar refractivity (Wildman–Crippen MR) is 149 cm³/mol. The average molecular weight is 595 g/mol. The summed E-state index contributed by atoms with van der Waals surface area (Å²) >= 11 is 3.41. The molecule has 6 rings (SSSR count). The fourth-order valence-corrected chi connectivity index (χ4v) is 6.92. The molecule has 5 atom stereocenters. The Morgan fingerprint density at radius 2 is 1.77 bits per heavy atom. The second-order valence-electron chi connectivity index (χ2n) is 10.9. The van der Waals surface area contributed by atoms with Crippen LogP contribution in [0.5, 0.6) is 5.75 Å². The molecule has 2 bridgehead atoms. The monoisotopic (exact) mass is 593 g/mol. The number of benzene rings is 2. The van der Waals surface area contributed by atoms with Crippen LogP contribution in [0.1, 0.15) is 37.7 Å². The first-order valence-corrected chi connectivity index (χ1v) is 14.4. The molecule has 0 aromatic heterocycles. The molecule has 2 aromatic carbocycles. The van der Waals surface area contributed by atoms with Gasteiger partial charge in [-0.25, -0.2) is 0 Å². The van der Waals surface area contributed by atoms with Gasteiger partial charge in [0.05, 0.1) is 25.0 Å². The van der Waals surface area contributed by atoms with Gasteiger partial charge in [-0.1, -0.05) is 59.5 Å². The molecule has 2 saturated heterocycles. The highest BCUT2D eigenvalue weighted by molar-refractivity contribution is 9.10. The lowest BCUT2D eigenvalue weighted by Gasteiger charge is -2.34. The Balaban J connectivity index is 1.31. The predicted octanol–water partition coefficient (Wildman–Crippen LogP) is 4.20. The van der Waals surface area contributed by atoms with Crippen LogP contribution in [0.3, 0.4) is 0 Å². The van der Waals surface area contributed by atoms with Gasteiger partial charge in [0.2, 0.25) is 17.7 Å². The van der Waals surface area contributed by atoms with E-state index in [1.807, 2.05) is 48.6 Å². The number of ether oxygens (including phenoxy) is 2. The largest absolute Gasteiger partial charge is 0.497 e. The van der Waals surface area contributed by atoms with Gasteiger partial charge in [-0.2, -0.15) is 0 Å². The lowest BCUT2D eigenvalue weighted by molar-refractivity contribution is -0.142. The summed E-state index contributed by atoms with van der Waals surface area (Å²) < 4.78 is 12.6. The summed E-state index contributed by atoms with van der Waals surface area (Å²) in [7, 11) is 1.60. The van der Waals surface area contributed by atoms with E-state index in [9.17, 15) is 14.4 Å². The van der Waals surface area contributed by atoms with Crippen LogP contribution >= 0.6 is 15.9 Å². The number of hydrogen-bond acceptors (Lipinski definition) is 5. The average Bonchev–Trinajstić information content (AvgIpc) is 3.58. The number of hydrogen-bond donors (Lipinski definition) is 2. The highest BCUT2D eigenvalue weighted by Crippen LogP contribution is 2.55. The summed E-state index contributed by atoms with van der Waals surface area (Å²) in [5, 5.41) is 6.18. The van der Waals surface area contributed by atoms with E-state index < -0.39 is 29.6 Å². The first-order valence-electron chi connectivity index (χ1n) is 13.6. The number of anilines is 1. The van der Waals surface area contributed by atoms with Crippen LogP contribution in [-0.2, 0) is 25.7 Å². The van der Waals surface area contributed by atoms with Crippen molar-refractivity contribution in [2.75, 3.05) is 12.4 Å². The molecule has 8 nitrogen and oxygen atoms in total. The van der Waals surface area contributed by atoms with E-state index in [4.69, 9.17) is 9.47 Å². The molecule has 9 heteroatoms. The summed E-state index contributed by atoms with van der Waals surface area (Å²) in [4.78, 5) is 43.3. The topological polar surface area (TPSA) is 97.0 Å². The SMILES string of the molecule is COc1ccc(CN2C(=O)[C@H]3[C@H](C(=O)Nc4ccc(Br)cc4)[C@H]4C=C[C@@]3(O4)[C@H]2C(=O)NC2CCCCC2)cc1. The number of fused-ring (bicyclic) bond motifs is 1. The fraction of sp³-hybridized carbons (Fsp3) is 0.433. The number of nitrogens with zero attached hydrogens (tertiary/aromatic N) is 1. The maximum atomic E-state index is 14.1. The van der Waals surface area contributed by atoms with Gasteiger partial charge in [-0.05, 0) is 54.8 Å². The normalized spacial score (nSPS) is 29.4. The summed E-state index contributed by atoms with van der Waals surface area (Å²) in [6.45, 7) is 0.229. The van der Waals surface area contributed by atoms with E-state index in [1.165, 1.54) is 6.42 Å². The molecule has 4 aliphatic rings. The highest BCUT2D eigenvalue weighted by Gasteiger charge is 2.72. The number of amides is 3. The molecule has 204 valence electrons. The smallest absolute Gasteiger partial charge is 0.246 e. The lowest BCUT2D eigenvalue weighted by atomic mass is 9.74. The molecule has 2 aromatic rings. The molecule has 0 unspecified atom stereocenters. The minimum absolute atomic E-state index is 0.0821. The molecule has 1 spiro atoms. The number of carbonyl (C=O) groups excluding carboxylic acids is 3. The molecule has 3 aliphatic heterocycles. The first-order chi connectivity index (χ1) is 18.9. The van der Waals surface area contributed by atoms with Gasteiger partial charge < -0.3 is 25.0 Å². The van der Waals surface area contributed by atoms with Crippen molar-refractivity contribution in [2.45, 2.75) is 62.4 Å². The minimum Gasteiger partial charge on any atom is -0.497 e. The van der Waals surface area contributed by atoms with Gasteiger partial charge in [-0.15, -0.1) is 0 Å². The van der Waals surface area contributed by atoms with E-state index in [-0.39, 0.29) is 30.3 Å². The Kier molecular flexibility index (Phi) is 6.97. The van der Waals surface area contributed by atoms with Crippen molar-refractivity contribution in [2.24, 2.45) is 11.8 Å². The van der Waals surface area contributed by atoms with Crippen LogP contribution in [0.25, 0.3) is 0 Å². The lowest BCUT2D eigenvalue weighted by Crippen LogP contribution is -2.56. The molecule has 3 heterocycles. The zero-order chi connectivity index (χ0) is 27.1. The Morgan fingerprint density at radius 3 is 2.46 bits per heavy atom. The number of carbonyl (C=O) groups is 3. The van der Waals surface area contributed by atoms with Crippen molar-refractivity contribution in [3.05, 3.63) is 70.7 Å². The van der Waals surface area contributed by atoms with Crippen LogP contribution in [0.4, 0.5) is 5.69 Å². The van der Waals surface area contributed by atoms with Crippen LogP contribution < -0.4 is 15.4 Å². The molecule has 1 aliphatic carbocycles. The Morgan fingerprint density at radius 1 is 1.05 bits per heavy atom. The third kappa shape index (κ3) is 4.65. The molecular weight excluding hydrogens is 562 g/mol. The van der Waals surface area contributed by atoms with E-state index in [2.05, 4.69) is 26.6 Å². The van der Waals surface area contributed by atoms with Crippen molar-refractivity contribution >= 4 is 39.3 Å². The van der Waals surface area contributed by atoms with E-state index in [0.29, 0.717) is 11.4 Å². The summed E-state index contributed by atoms with van der Waals surface area (Å²) in [6.07, 6.45) is 8.31. The second kappa shape index (κ2) is 10.4. The third-order valence-corrected chi connectivity index (χ3v) is 9.03. The van der Waals surface area contributed by atoms with Crippen LogP contribution in [-0.4, -0.2) is 53.5 Å².